The quantitative estimate of drug-likeness (QED) is 0.580. The topological polar surface area (TPSA) is 85.5 Å². The molecule has 1 aromatic carbocycles. The second-order valence-electron chi connectivity index (χ2n) is 5.05. The van der Waals surface area contributed by atoms with Crippen molar-refractivity contribution < 1.29 is 17.7 Å². The van der Waals surface area contributed by atoms with Gasteiger partial charge in [0.05, 0.1) is 18.5 Å². The SMILES string of the molecule is COc1ccc(Br)cc1S(=O)(=O)N(C)Cc1nc(-c2cccs2)no1. The first-order valence-corrected chi connectivity index (χ1v) is 10.2. The molecule has 2 heterocycles. The van der Waals surface area contributed by atoms with Gasteiger partial charge in [0.25, 0.3) is 0 Å². The van der Waals surface area contributed by atoms with Crippen molar-refractivity contribution >= 4 is 37.3 Å². The molecule has 0 amide bonds. The fourth-order valence-electron chi connectivity index (χ4n) is 2.12. The lowest BCUT2D eigenvalue weighted by molar-refractivity contribution is 0.335. The number of methoxy groups -OCH3 is 1. The maximum absolute atomic E-state index is 12.8. The molecular weight excluding hydrogens is 430 g/mol. The van der Waals surface area contributed by atoms with Gasteiger partial charge in [0, 0.05) is 11.5 Å². The number of ether oxygens (including phenoxy) is 1. The van der Waals surface area contributed by atoms with Gasteiger partial charge >= 0.3 is 0 Å². The van der Waals surface area contributed by atoms with Crippen molar-refractivity contribution in [3.05, 3.63) is 46.1 Å². The van der Waals surface area contributed by atoms with Gasteiger partial charge in [0.15, 0.2) is 0 Å². The summed E-state index contributed by atoms with van der Waals surface area (Å²) in [5.74, 6) is 0.916. The predicted molar refractivity (Wildman–Crippen MR) is 97.0 cm³/mol. The highest BCUT2D eigenvalue weighted by Gasteiger charge is 2.27. The second kappa shape index (κ2) is 7.24. The molecule has 0 aliphatic carbocycles. The average Bonchev–Trinajstić information content (AvgIpc) is 3.25. The molecule has 3 rings (SSSR count). The molecule has 0 aliphatic rings. The minimum atomic E-state index is -3.79. The van der Waals surface area contributed by atoms with Gasteiger partial charge in [-0.25, -0.2) is 8.42 Å². The number of hydrogen-bond donors (Lipinski definition) is 0. The number of aromatic nitrogens is 2. The van der Waals surface area contributed by atoms with Gasteiger partial charge in [-0.15, -0.1) is 11.3 Å². The van der Waals surface area contributed by atoms with Gasteiger partial charge in [0.1, 0.15) is 10.6 Å². The number of nitrogens with zero attached hydrogens (tertiary/aromatic N) is 3. The van der Waals surface area contributed by atoms with E-state index in [1.54, 1.807) is 12.1 Å². The number of benzene rings is 1. The zero-order valence-electron chi connectivity index (χ0n) is 13.3. The number of hydrogen-bond acceptors (Lipinski definition) is 7. The third-order valence-corrected chi connectivity index (χ3v) is 6.57. The summed E-state index contributed by atoms with van der Waals surface area (Å²) in [5.41, 5.74) is 0. The molecule has 0 radical (unpaired) electrons. The van der Waals surface area contributed by atoms with Crippen LogP contribution in [0.2, 0.25) is 0 Å². The summed E-state index contributed by atoms with van der Waals surface area (Å²) in [6.45, 7) is -0.0453. The zero-order chi connectivity index (χ0) is 18.0. The molecule has 0 atom stereocenters. The minimum Gasteiger partial charge on any atom is -0.495 e. The molecule has 2 aromatic heterocycles. The van der Waals surface area contributed by atoms with Crippen LogP contribution in [0.15, 0.2) is 49.6 Å². The largest absolute Gasteiger partial charge is 0.495 e. The van der Waals surface area contributed by atoms with Gasteiger partial charge in [-0.3, -0.25) is 0 Å². The maximum atomic E-state index is 12.8. The molecule has 25 heavy (non-hydrogen) atoms. The molecule has 3 aromatic rings. The highest BCUT2D eigenvalue weighted by molar-refractivity contribution is 9.10. The molecule has 0 unspecified atom stereocenters. The van der Waals surface area contributed by atoms with Gasteiger partial charge in [-0.1, -0.05) is 27.2 Å². The van der Waals surface area contributed by atoms with Crippen molar-refractivity contribution in [2.24, 2.45) is 0 Å². The van der Waals surface area contributed by atoms with Crippen LogP contribution in [0.5, 0.6) is 5.75 Å². The van der Waals surface area contributed by atoms with Crippen molar-refractivity contribution in [2.75, 3.05) is 14.2 Å². The molecule has 0 spiro atoms. The Kier molecular flexibility index (Phi) is 5.23. The Morgan fingerprint density at radius 3 is 2.84 bits per heavy atom. The fraction of sp³-hybridized carbons (Fsp3) is 0.200. The highest BCUT2D eigenvalue weighted by Crippen LogP contribution is 2.30. The van der Waals surface area contributed by atoms with Crippen molar-refractivity contribution in [3.63, 3.8) is 0 Å². The van der Waals surface area contributed by atoms with Crippen molar-refractivity contribution in [3.8, 4) is 16.5 Å². The number of sulfonamides is 1. The second-order valence-corrected chi connectivity index (χ2v) is 8.92. The van der Waals surface area contributed by atoms with E-state index in [4.69, 9.17) is 9.26 Å². The van der Waals surface area contributed by atoms with Crippen LogP contribution in [0.1, 0.15) is 5.89 Å². The van der Waals surface area contributed by atoms with Gasteiger partial charge < -0.3 is 9.26 Å². The van der Waals surface area contributed by atoms with Crippen molar-refractivity contribution in [2.45, 2.75) is 11.4 Å². The monoisotopic (exact) mass is 443 g/mol. The van der Waals surface area contributed by atoms with Crippen LogP contribution in [0.3, 0.4) is 0 Å². The van der Waals surface area contributed by atoms with E-state index in [2.05, 4.69) is 26.1 Å². The Balaban J connectivity index is 1.85. The predicted octanol–water partition coefficient (Wildman–Crippen LogP) is 3.39. The molecule has 10 heteroatoms. The normalized spacial score (nSPS) is 11.8. The molecule has 132 valence electrons. The fourth-order valence-corrected chi connectivity index (χ4v) is 4.58. The van der Waals surface area contributed by atoms with Crippen molar-refractivity contribution in [1.29, 1.82) is 0 Å². The number of thiophene rings is 1. The summed E-state index contributed by atoms with van der Waals surface area (Å²) in [4.78, 5) is 5.16. The zero-order valence-corrected chi connectivity index (χ0v) is 16.6. The lowest BCUT2D eigenvalue weighted by Crippen LogP contribution is -2.27. The Labute approximate surface area is 157 Å². The average molecular weight is 444 g/mol. The molecular formula is C15H14BrN3O4S2. The molecule has 0 bridgehead atoms. The van der Waals surface area contributed by atoms with Crippen LogP contribution in [0, 0.1) is 0 Å². The summed E-state index contributed by atoms with van der Waals surface area (Å²) in [6, 6.07) is 8.55. The molecule has 0 N–H and O–H groups in total. The molecule has 0 fully saturated rings. The Bertz CT molecular complexity index is 971. The summed E-state index contributed by atoms with van der Waals surface area (Å²) in [5, 5.41) is 5.79. The summed E-state index contributed by atoms with van der Waals surface area (Å²) >= 11 is 4.76. The number of rotatable bonds is 6. The molecule has 0 saturated heterocycles. The van der Waals surface area contributed by atoms with E-state index in [0.29, 0.717) is 10.3 Å². The summed E-state index contributed by atoms with van der Waals surface area (Å²) in [6.07, 6.45) is 0. The van der Waals surface area contributed by atoms with E-state index in [-0.39, 0.29) is 23.1 Å². The lowest BCUT2D eigenvalue weighted by atomic mass is 10.3. The third-order valence-electron chi connectivity index (χ3n) is 3.38. The van der Waals surface area contributed by atoms with E-state index >= 15 is 0 Å². The smallest absolute Gasteiger partial charge is 0.247 e. The van der Waals surface area contributed by atoms with E-state index < -0.39 is 10.0 Å². The van der Waals surface area contributed by atoms with Crippen LogP contribution in [0.4, 0.5) is 0 Å². The van der Waals surface area contributed by atoms with E-state index in [1.165, 1.54) is 31.6 Å². The number of halogens is 1. The first-order valence-electron chi connectivity index (χ1n) is 7.08. The third kappa shape index (κ3) is 3.76. The Morgan fingerprint density at radius 1 is 1.36 bits per heavy atom. The van der Waals surface area contributed by atoms with Crippen LogP contribution >= 0.6 is 27.3 Å². The van der Waals surface area contributed by atoms with E-state index in [9.17, 15) is 8.42 Å². The Hall–Kier alpha value is -1.75. The maximum Gasteiger partial charge on any atom is 0.247 e. The van der Waals surface area contributed by atoms with Crippen LogP contribution in [-0.4, -0.2) is 37.0 Å². The first-order chi connectivity index (χ1) is 11.9. The minimum absolute atomic E-state index is 0.0453. The summed E-state index contributed by atoms with van der Waals surface area (Å²) < 4.78 is 37.8. The van der Waals surface area contributed by atoms with Gasteiger partial charge in [-0.2, -0.15) is 9.29 Å². The van der Waals surface area contributed by atoms with Crippen LogP contribution in [0.25, 0.3) is 10.7 Å². The van der Waals surface area contributed by atoms with Crippen molar-refractivity contribution in [1.82, 2.24) is 14.4 Å². The molecule has 0 saturated carbocycles. The van der Waals surface area contributed by atoms with Gasteiger partial charge in [0.2, 0.25) is 21.7 Å². The molecule has 7 nitrogen and oxygen atoms in total. The lowest BCUT2D eigenvalue weighted by Gasteiger charge is -2.17. The standard InChI is InChI=1S/C15H14BrN3O4S2/c1-19(9-14-17-15(18-23-14)12-4-3-7-24-12)25(20,21)13-8-10(16)5-6-11(13)22-2/h3-8H,9H2,1-2H3. The van der Waals surface area contributed by atoms with Crippen LogP contribution < -0.4 is 4.74 Å². The summed E-state index contributed by atoms with van der Waals surface area (Å²) in [7, 11) is -0.921. The van der Waals surface area contributed by atoms with E-state index in [1.807, 2.05) is 17.5 Å². The van der Waals surface area contributed by atoms with Crippen LogP contribution in [-0.2, 0) is 16.6 Å². The van der Waals surface area contributed by atoms with E-state index in [0.717, 1.165) is 9.18 Å². The highest BCUT2D eigenvalue weighted by atomic mass is 79.9. The molecule has 0 aliphatic heterocycles. The van der Waals surface area contributed by atoms with Gasteiger partial charge in [-0.05, 0) is 29.6 Å². The first kappa shape index (κ1) is 18.1. The Morgan fingerprint density at radius 2 is 2.16 bits per heavy atom.